The van der Waals surface area contributed by atoms with E-state index in [1.165, 1.54) is 5.56 Å². The van der Waals surface area contributed by atoms with Crippen LogP contribution in [0.5, 0.6) is 0 Å². The van der Waals surface area contributed by atoms with Crippen molar-refractivity contribution in [3.8, 4) is 0 Å². The van der Waals surface area contributed by atoms with Crippen LogP contribution in [-0.2, 0) is 6.61 Å². The van der Waals surface area contributed by atoms with Crippen LogP contribution in [0.1, 0.15) is 43.6 Å². The van der Waals surface area contributed by atoms with Crippen molar-refractivity contribution in [2.75, 3.05) is 11.4 Å². The van der Waals surface area contributed by atoms with Crippen molar-refractivity contribution >= 4 is 27.6 Å². The molecule has 1 heterocycles. The molecule has 4 nitrogen and oxygen atoms in total. The van der Waals surface area contributed by atoms with E-state index in [0.717, 1.165) is 22.4 Å². The van der Waals surface area contributed by atoms with Gasteiger partial charge in [-0.15, -0.1) is 0 Å². The van der Waals surface area contributed by atoms with Gasteiger partial charge in [-0.05, 0) is 59.5 Å². The summed E-state index contributed by atoms with van der Waals surface area (Å²) in [4.78, 5) is 11.0. The predicted octanol–water partition coefficient (Wildman–Crippen LogP) is 4.32. The number of nitrogens with zero attached hydrogens (tertiary/aromatic N) is 3. The third-order valence-electron chi connectivity index (χ3n) is 3.54. The van der Waals surface area contributed by atoms with Crippen molar-refractivity contribution in [1.82, 2.24) is 9.97 Å². The van der Waals surface area contributed by atoms with Gasteiger partial charge in [0.25, 0.3) is 0 Å². The van der Waals surface area contributed by atoms with Gasteiger partial charge in [-0.1, -0.05) is 19.9 Å². The minimum Gasteiger partial charge on any atom is -0.390 e. The van der Waals surface area contributed by atoms with E-state index in [1.807, 2.05) is 11.8 Å². The van der Waals surface area contributed by atoms with E-state index < -0.39 is 0 Å². The monoisotopic (exact) mass is 363 g/mol. The van der Waals surface area contributed by atoms with Gasteiger partial charge in [0, 0.05) is 16.7 Å². The maximum Gasteiger partial charge on any atom is 0.230 e. The summed E-state index contributed by atoms with van der Waals surface area (Å²) < 4.78 is 1.02. The molecule has 1 N–H and O–H groups in total. The first-order valence-corrected chi connectivity index (χ1v) is 8.28. The van der Waals surface area contributed by atoms with Gasteiger partial charge in [-0.25, -0.2) is 9.97 Å². The van der Waals surface area contributed by atoms with E-state index in [4.69, 9.17) is 0 Å². The second-order valence-electron chi connectivity index (χ2n) is 5.57. The van der Waals surface area contributed by atoms with Crippen LogP contribution in [0.25, 0.3) is 0 Å². The van der Waals surface area contributed by atoms with Crippen molar-refractivity contribution in [2.45, 2.75) is 40.2 Å². The van der Waals surface area contributed by atoms with Gasteiger partial charge in [0.15, 0.2) is 0 Å². The Labute approximate surface area is 140 Å². The minimum atomic E-state index is -0.0820. The molecule has 0 bridgehead atoms. The molecule has 0 unspecified atom stereocenters. The number of aromatic nitrogens is 2. The Morgan fingerprint density at radius 3 is 2.50 bits per heavy atom. The molecule has 0 spiro atoms. The Morgan fingerprint density at radius 2 is 1.95 bits per heavy atom. The minimum absolute atomic E-state index is 0.0820. The zero-order valence-corrected chi connectivity index (χ0v) is 15.1. The van der Waals surface area contributed by atoms with Crippen LogP contribution in [0.2, 0.25) is 0 Å². The molecule has 22 heavy (non-hydrogen) atoms. The molecule has 0 atom stereocenters. The van der Waals surface area contributed by atoms with E-state index in [2.05, 4.69) is 64.9 Å². The van der Waals surface area contributed by atoms with E-state index >= 15 is 0 Å². The Balaban J connectivity index is 2.46. The fraction of sp³-hybridized carbons (Fsp3) is 0.412. The molecule has 1 aromatic carbocycles. The second-order valence-corrected chi connectivity index (χ2v) is 6.42. The fourth-order valence-corrected chi connectivity index (χ4v) is 2.95. The number of hydrogen-bond acceptors (Lipinski definition) is 4. The van der Waals surface area contributed by atoms with Gasteiger partial charge < -0.3 is 10.0 Å². The highest BCUT2D eigenvalue weighted by atomic mass is 79.9. The summed E-state index contributed by atoms with van der Waals surface area (Å²) in [6.45, 7) is 8.99. The number of anilines is 2. The number of hydrogen-bond donors (Lipinski definition) is 1. The summed E-state index contributed by atoms with van der Waals surface area (Å²) in [6.07, 6.45) is 0. The lowest BCUT2D eigenvalue weighted by Gasteiger charge is -2.23. The Kier molecular flexibility index (Phi) is 5.53. The molecule has 0 saturated heterocycles. The van der Waals surface area contributed by atoms with Crippen molar-refractivity contribution in [3.05, 3.63) is 45.7 Å². The molecule has 2 aromatic rings. The highest BCUT2D eigenvalue weighted by molar-refractivity contribution is 9.10. The molecule has 118 valence electrons. The molecule has 0 saturated carbocycles. The Bertz CT molecular complexity index is 658. The third-order valence-corrected chi connectivity index (χ3v) is 4.18. The summed E-state index contributed by atoms with van der Waals surface area (Å²) in [5.74, 6) is 1.10. The van der Waals surface area contributed by atoms with Gasteiger partial charge in [-0.3, -0.25) is 0 Å². The van der Waals surface area contributed by atoms with Gasteiger partial charge in [0.1, 0.15) is 0 Å². The topological polar surface area (TPSA) is 49.2 Å². The average molecular weight is 364 g/mol. The number of benzene rings is 1. The second kappa shape index (κ2) is 7.20. The van der Waals surface area contributed by atoms with Crippen molar-refractivity contribution < 1.29 is 5.11 Å². The third kappa shape index (κ3) is 3.65. The van der Waals surface area contributed by atoms with Gasteiger partial charge in [-0.2, -0.15) is 0 Å². The van der Waals surface area contributed by atoms with Crippen LogP contribution in [0.4, 0.5) is 11.6 Å². The van der Waals surface area contributed by atoms with Gasteiger partial charge in [0.2, 0.25) is 5.95 Å². The summed E-state index contributed by atoms with van der Waals surface area (Å²) in [6, 6.07) is 8.17. The fourth-order valence-electron chi connectivity index (χ4n) is 2.34. The van der Waals surface area contributed by atoms with E-state index in [-0.39, 0.29) is 6.61 Å². The molecule has 0 aliphatic carbocycles. The first kappa shape index (κ1) is 16.9. The average Bonchev–Trinajstić information content (AvgIpc) is 2.48. The lowest BCUT2D eigenvalue weighted by molar-refractivity contribution is 0.276. The highest BCUT2D eigenvalue weighted by Gasteiger charge is 2.15. The maximum atomic E-state index is 9.35. The summed E-state index contributed by atoms with van der Waals surface area (Å²) in [5, 5.41) is 9.35. The number of aliphatic hydroxyl groups excluding tert-OH is 1. The summed E-state index contributed by atoms with van der Waals surface area (Å²) in [5.41, 5.74) is 3.80. The van der Waals surface area contributed by atoms with Crippen molar-refractivity contribution in [3.63, 3.8) is 0 Å². The molecule has 2 rings (SSSR count). The summed E-state index contributed by atoms with van der Waals surface area (Å²) >= 11 is 3.66. The van der Waals surface area contributed by atoms with Crippen molar-refractivity contribution in [2.24, 2.45) is 0 Å². The number of aryl methyl sites for hydroxylation is 1. The van der Waals surface area contributed by atoms with Crippen LogP contribution in [0.3, 0.4) is 0 Å². The number of rotatable bonds is 5. The van der Waals surface area contributed by atoms with E-state index in [0.29, 0.717) is 17.6 Å². The first-order chi connectivity index (χ1) is 10.5. The zero-order valence-electron chi connectivity index (χ0n) is 13.5. The molecule has 0 amide bonds. The largest absolute Gasteiger partial charge is 0.390 e. The molecule has 0 aliphatic rings. The summed E-state index contributed by atoms with van der Waals surface area (Å²) in [7, 11) is 0. The van der Waals surface area contributed by atoms with Crippen LogP contribution < -0.4 is 4.90 Å². The SMILES string of the molecule is CCN(c1nc(C)cc(CO)n1)c1ccc(C(C)C)cc1Br. The molecule has 0 aliphatic heterocycles. The van der Waals surface area contributed by atoms with Crippen LogP contribution in [0, 0.1) is 6.92 Å². The lowest BCUT2D eigenvalue weighted by atomic mass is 10.0. The van der Waals surface area contributed by atoms with Crippen LogP contribution >= 0.6 is 15.9 Å². The molecule has 0 radical (unpaired) electrons. The Hall–Kier alpha value is -1.46. The molecule has 1 aromatic heterocycles. The maximum absolute atomic E-state index is 9.35. The quantitative estimate of drug-likeness (QED) is 0.858. The molecule has 5 heteroatoms. The number of halogens is 1. The smallest absolute Gasteiger partial charge is 0.230 e. The Morgan fingerprint density at radius 1 is 1.23 bits per heavy atom. The van der Waals surface area contributed by atoms with Gasteiger partial charge in [0.05, 0.1) is 18.0 Å². The molecular weight excluding hydrogens is 342 g/mol. The molecular formula is C17H22BrN3O. The number of aliphatic hydroxyl groups is 1. The first-order valence-electron chi connectivity index (χ1n) is 7.48. The predicted molar refractivity (Wildman–Crippen MR) is 93.6 cm³/mol. The lowest BCUT2D eigenvalue weighted by Crippen LogP contribution is -2.20. The van der Waals surface area contributed by atoms with Crippen LogP contribution in [0.15, 0.2) is 28.7 Å². The normalized spacial score (nSPS) is 11.0. The van der Waals surface area contributed by atoms with Gasteiger partial charge >= 0.3 is 0 Å². The highest BCUT2D eigenvalue weighted by Crippen LogP contribution is 2.33. The van der Waals surface area contributed by atoms with Crippen molar-refractivity contribution in [1.29, 1.82) is 0 Å². The van der Waals surface area contributed by atoms with E-state index in [9.17, 15) is 5.11 Å². The van der Waals surface area contributed by atoms with Crippen LogP contribution in [-0.4, -0.2) is 21.6 Å². The molecule has 0 fully saturated rings. The zero-order chi connectivity index (χ0) is 16.3. The standard InChI is InChI=1S/C17H22BrN3O/c1-5-21(17-19-12(4)8-14(10-22)20-17)16-7-6-13(11(2)3)9-15(16)18/h6-9,11,22H,5,10H2,1-4H3. The van der Waals surface area contributed by atoms with E-state index in [1.54, 1.807) is 6.07 Å².